The van der Waals surface area contributed by atoms with Crippen molar-refractivity contribution in [3.8, 4) is 34.5 Å². The van der Waals surface area contributed by atoms with Gasteiger partial charge in [0, 0.05) is 18.0 Å². The van der Waals surface area contributed by atoms with Gasteiger partial charge in [-0.15, -0.1) is 0 Å². The van der Waals surface area contributed by atoms with Crippen molar-refractivity contribution in [2.75, 3.05) is 13.2 Å². The first kappa shape index (κ1) is 15.5. The van der Waals surface area contributed by atoms with E-state index in [9.17, 15) is 8.78 Å². The normalized spacial score (nSPS) is 13.4. The van der Waals surface area contributed by atoms with Gasteiger partial charge in [-0.05, 0) is 13.0 Å². The number of hydrogen-bond acceptors (Lipinski definition) is 7. The van der Waals surface area contributed by atoms with E-state index in [0.717, 1.165) is 4.68 Å². The fraction of sp³-hybridized carbons (Fsp3) is 0.333. The second-order valence-corrected chi connectivity index (χ2v) is 5.39. The third kappa shape index (κ3) is 3.02. The minimum Gasteiger partial charge on any atom is -0.484 e. The highest BCUT2D eigenvalue weighted by Gasteiger charge is 2.19. The highest BCUT2D eigenvalue weighted by atomic mass is 19.3. The van der Waals surface area contributed by atoms with Crippen LogP contribution in [0.3, 0.4) is 0 Å². The summed E-state index contributed by atoms with van der Waals surface area (Å²) < 4.78 is 42.2. The predicted molar refractivity (Wildman–Crippen MR) is 80.5 cm³/mol. The van der Waals surface area contributed by atoms with E-state index in [1.54, 1.807) is 19.2 Å². The molecule has 8 nitrogen and oxygen atoms in total. The summed E-state index contributed by atoms with van der Waals surface area (Å²) in [5.74, 6) is 1.43. The van der Waals surface area contributed by atoms with Crippen molar-refractivity contribution in [1.29, 1.82) is 0 Å². The lowest BCUT2D eigenvalue weighted by Gasteiger charge is -2.16. The van der Waals surface area contributed by atoms with Crippen LogP contribution >= 0.6 is 0 Å². The molecule has 0 N–H and O–H groups in total. The van der Waals surface area contributed by atoms with Crippen molar-refractivity contribution in [3.05, 3.63) is 24.2 Å². The Bertz CT molecular complexity index is 908. The molecular formula is C15H13F2N5O3. The summed E-state index contributed by atoms with van der Waals surface area (Å²) in [6.07, 6.45) is 0.518. The molecule has 0 fully saturated rings. The molecule has 0 radical (unpaired) electrons. The van der Waals surface area contributed by atoms with Crippen molar-refractivity contribution in [2.24, 2.45) is 0 Å². The Morgan fingerprint density at radius 3 is 2.96 bits per heavy atom. The molecule has 25 heavy (non-hydrogen) atoms. The highest BCUT2D eigenvalue weighted by molar-refractivity contribution is 5.62. The van der Waals surface area contributed by atoms with Crippen LogP contribution in [-0.4, -0.2) is 44.5 Å². The van der Waals surface area contributed by atoms with E-state index in [1.807, 2.05) is 0 Å². The Morgan fingerprint density at radius 2 is 2.12 bits per heavy atom. The smallest absolute Gasteiger partial charge is 0.261 e. The van der Waals surface area contributed by atoms with Gasteiger partial charge in [0.1, 0.15) is 19.8 Å². The molecule has 3 aromatic heterocycles. The van der Waals surface area contributed by atoms with Crippen LogP contribution in [0.5, 0.6) is 11.6 Å². The van der Waals surface area contributed by atoms with Gasteiger partial charge in [-0.2, -0.15) is 10.1 Å². The number of aromatic nitrogens is 5. The number of nitrogens with zero attached hydrogens (tertiary/aromatic N) is 5. The van der Waals surface area contributed by atoms with Gasteiger partial charge in [0.2, 0.25) is 5.82 Å². The van der Waals surface area contributed by atoms with Crippen molar-refractivity contribution in [3.63, 3.8) is 0 Å². The third-order valence-electron chi connectivity index (χ3n) is 3.58. The van der Waals surface area contributed by atoms with Gasteiger partial charge in [-0.3, -0.25) is 4.68 Å². The molecule has 4 rings (SSSR count). The molecule has 0 amide bonds. The zero-order chi connectivity index (χ0) is 17.4. The van der Waals surface area contributed by atoms with Crippen LogP contribution in [0, 0.1) is 6.92 Å². The number of hydrogen-bond donors (Lipinski definition) is 0. The van der Waals surface area contributed by atoms with E-state index < -0.39 is 13.0 Å². The van der Waals surface area contributed by atoms with Gasteiger partial charge >= 0.3 is 0 Å². The quantitative estimate of drug-likeness (QED) is 0.714. The summed E-state index contributed by atoms with van der Waals surface area (Å²) in [5, 5.41) is 7.94. The first-order valence-corrected chi connectivity index (χ1v) is 7.52. The van der Waals surface area contributed by atoms with E-state index in [2.05, 4.69) is 20.2 Å². The number of halogens is 2. The largest absolute Gasteiger partial charge is 0.484 e. The molecule has 130 valence electrons. The molecule has 1 aliphatic heterocycles. The molecule has 0 saturated carbocycles. The standard InChI is InChI=1S/C15H13F2N5O3/c1-8-10(6-22(20-8)7-12(16)17)14-19-13(21-25-14)9-4-11-15(18-5-9)24-3-2-23-11/h4-6,12H,2-3,7H2,1H3. The van der Waals surface area contributed by atoms with Crippen LogP contribution in [-0.2, 0) is 6.54 Å². The Hall–Kier alpha value is -3.04. The number of aryl methyl sites for hydroxylation is 1. The maximum Gasteiger partial charge on any atom is 0.261 e. The number of alkyl halides is 2. The Morgan fingerprint density at radius 1 is 1.28 bits per heavy atom. The van der Waals surface area contributed by atoms with Gasteiger partial charge in [0.05, 0.1) is 11.3 Å². The topological polar surface area (TPSA) is 88.1 Å². The molecule has 0 unspecified atom stereocenters. The summed E-state index contributed by atoms with van der Waals surface area (Å²) >= 11 is 0. The van der Waals surface area contributed by atoms with E-state index in [-0.39, 0.29) is 5.89 Å². The summed E-state index contributed by atoms with van der Waals surface area (Å²) in [4.78, 5) is 8.46. The average Bonchev–Trinajstić information content (AvgIpc) is 3.20. The second-order valence-electron chi connectivity index (χ2n) is 5.39. The van der Waals surface area contributed by atoms with E-state index in [4.69, 9.17) is 14.0 Å². The predicted octanol–water partition coefficient (Wildman–Crippen LogP) is 2.34. The van der Waals surface area contributed by atoms with Crippen LogP contribution in [0.2, 0.25) is 0 Å². The van der Waals surface area contributed by atoms with E-state index >= 15 is 0 Å². The van der Waals surface area contributed by atoms with Crippen LogP contribution in [0.15, 0.2) is 23.0 Å². The van der Waals surface area contributed by atoms with Crippen molar-refractivity contribution < 1.29 is 22.8 Å². The minimum atomic E-state index is -2.49. The first-order chi connectivity index (χ1) is 12.1. The lowest BCUT2D eigenvalue weighted by Crippen LogP contribution is -2.16. The van der Waals surface area contributed by atoms with Crippen molar-refractivity contribution in [2.45, 2.75) is 19.9 Å². The maximum absolute atomic E-state index is 12.5. The summed E-state index contributed by atoms with van der Waals surface area (Å²) in [5.41, 5.74) is 1.62. The molecule has 0 aliphatic carbocycles. The number of rotatable bonds is 4. The summed E-state index contributed by atoms with van der Waals surface area (Å²) in [7, 11) is 0. The number of ether oxygens (including phenoxy) is 2. The van der Waals surface area contributed by atoms with E-state index in [0.29, 0.717) is 47.5 Å². The Kier molecular flexibility index (Phi) is 3.79. The van der Waals surface area contributed by atoms with Crippen molar-refractivity contribution >= 4 is 0 Å². The second kappa shape index (κ2) is 6.11. The lowest BCUT2D eigenvalue weighted by atomic mass is 10.2. The van der Waals surface area contributed by atoms with Gasteiger partial charge in [0.25, 0.3) is 18.2 Å². The van der Waals surface area contributed by atoms with Crippen LogP contribution < -0.4 is 9.47 Å². The minimum absolute atomic E-state index is 0.197. The molecule has 4 heterocycles. The van der Waals surface area contributed by atoms with Gasteiger partial charge in [0.15, 0.2) is 5.75 Å². The maximum atomic E-state index is 12.5. The third-order valence-corrected chi connectivity index (χ3v) is 3.58. The molecular weight excluding hydrogens is 336 g/mol. The number of fused-ring (bicyclic) bond motifs is 1. The SMILES string of the molecule is Cc1nn(CC(F)F)cc1-c1nc(-c2cnc3c(c2)OCCO3)no1. The lowest BCUT2D eigenvalue weighted by molar-refractivity contribution is 0.121. The van der Waals surface area contributed by atoms with Gasteiger partial charge in [-0.25, -0.2) is 13.8 Å². The van der Waals surface area contributed by atoms with Crippen LogP contribution in [0.1, 0.15) is 5.69 Å². The Labute approximate surface area is 140 Å². The molecule has 3 aromatic rings. The molecule has 0 saturated heterocycles. The summed E-state index contributed by atoms with van der Waals surface area (Å²) in [6, 6.07) is 1.71. The monoisotopic (exact) mass is 349 g/mol. The number of pyridine rings is 1. The fourth-order valence-electron chi connectivity index (χ4n) is 2.47. The molecule has 0 spiro atoms. The fourth-order valence-corrected chi connectivity index (χ4v) is 2.47. The van der Waals surface area contributed by atoms with E-state index in [1.165, 1.54) is 6.20 Å². The van der Waals surface area contributed by atoms with Gasteiger partial charge < -0.3 is 14.0 Å². The Balaban J connectivity index is 1.63. The molecule has 0 bridgehead atoms. The molecule has 1 aliphatic rings. The van der Waals surface area contributed by atoms with Gasteiger partial charge in [-0.1, -0.05) is 5.16 Å². The highest BCUT2D eigenvalue weighted by Crippen LogP contribution is 2.32. The molecule has 0 aromatic carbocycles. The average molecular weight is 349 g/mol. The zero-order valence-corrected chi connectivity index (χ0v) is 13.1. The zero-order valence-electron chi connectivity index (χ0n) is 13.1. The van der Waals surface area contributed by atoms with Crippen molar-refractivity contribution in [1.82, 2.24) is 24.9 Å². The first-order valence-electron chi connectivity index (χ1n) is 7.52. The van der Waals surface area contributed by atoms with Crippen LogP contribution in [0.25, 0.3) is 22.8 Å². The molecule has 0 atom stereocenters. The van der Waals surface area contributed by atoms with Crippen LogP contribution in [0.4, 0.5) is 8.78 Å². The molecule has 10 heteroatoms. The summed E-state index contributed by atoms with van der Waals surface area (Å²) in [6.45, 7) is 2.09.